The Morgan fingerprint density at radius 2 is 1.66 bits per heavy atom. The van der Waals surface area contributed by atoms with Gasteiger partial charge in [-0.15, -0.1) is 0 Å². The van der Waals surface area contributed by atoms with E-state index in [2.05, 4.69) is 10.3 Å². The summed E-state index contributed by atoms with van der Waals surface area (Å²) in [6.07, 6.45) is 0.749. The Kier molecular flexibility index (Phi) is 5.59. The van der Waals surface area contributed by atoms with Crippen molar-refractivity contribution in [3.05, 3.63) is 96.7 Å². The van der Waals surface area contributed by atoms with Gasteiger partial charge in [-0.2, -0.15) is 4.98 Å². The molecule has 0 aliphatic carbocycles. The van der Waals surface area contributed by atoms with Crippen molar-refractivity contribution in [3.8, 4) is 0 Å². The number of nitro groups is 1. The number of hydrogen-bond acceptors (Lipinski definition) is 6. The number of nitro benzene ring substituents is 1. The third-order valence-electron chi connectivity index (χ3n) is 5.38. The number of nitrogens with one attached hydrogen (secondary N) is 1. The highest BCUT2D eigenvalue weighted by Crippen LogP contribution is 2.19. The average molecular weight is 434 g/mol. The van der Waals surface area contributed by atoms with E-state index >= 15 is 0 Å². The largest absolute Gasteiger partial charge is 0.355 e. The molecule has 0 bridgehead atoms. The zero-order valence-corrected chi connectivity index (χ0v) is 17.7. The lowest BCUT2D eigenvalue weighted by molar-refractivity contribution is -0.384. The maximum absolute atomic E-state index is 12.9. The van der Waals surface area contributed by atoms with Crippen LogP contribution < -0.4 is 16.6 Å². The normalized spacial score (nSPS) is 11.1. The topological polar surface area (TPSA) is 117 Å². The van der Waals surface area contributed by atoms with E-state index in [0.717, 1.165) is 22.1 Å². The van der Waals surface area contributed by atoms with Crippen LogP contribution in [0.3, 0.4) is 0 Å². The number of aromatic nitrogens is 4. The molecule has 2 aromatic heterocycles. The van der Waals surface area contributed by atoms with Gasteiger partial charge in [0.2, 0.25) is 5.95 Å². The monoisotopic (exact) mass is 434 g/mol. The lowest BCUT2D eigenvalue weighted by atomic mass is 10.1. The van der Waals surface area contributed by atoms with Crippen molar-refractivity contribution < 1.29 is 4.92 Å². The fourth-order valence-electron chi connectivity index (χ4n) is 3.60. The van der Waals surface area contributed by atoms with Crippen molar-refractivity contribution >= 4 is 22.8 Å². The Balaban J connectivity index is 1.75. The van der Waals surface area contributed by atoms with E-state index in [9.17, 15) is 19.7 Å². The molecule has 0 radical (unpaired) electrons. The van der Waals surface area contributed by atoms with Crippen molar-refractivity contribution in [3.63, 3.8) is 0 Å². The molecule has 0 atom stereocenters. The van der Waals surface area contributed by atoms with Gasteiger partial charge >= 0.3 is 5.69 Å². The minimum absolute atomic E-state index is 0.0104. The molecule has 0 fully saturated rings. The van der Waals surface area contributed by atoms with Crippen molar-refractivity contribution in [1.82, 2.24) is 18.7 Å². The quantitative estimate of drug-likeness (QED) is 0.351. The molecule has 0 saturated heterocycles. The molecule has 0 unspecified atom stereocenters. The van der Waals surface area contributed by atoms with Crippen LogP contribution in [-0.2, 0) is 27.1 Å². The molecule has 0 amide bonds. The Bertz CT molecular complexity index is 1400. The van der Waals surface area contributed by atoms with Gasteiger partial charge in [0.15, 0.2) is 11.2 Å². The van der Waals surface area contributed by atoms with Crippen LogP contribution in [0.15, 0.2) is 64.2 Å². The molecule has 0 aliphatic heterocycles. The highest BCUT2D eigenvalue weighted by molar-refractivity contribution is 5.74. The number of hydrogen-bond donors (Lipinski definition) is 1. The van der Waals surface area contributed by atoms with E-state index in [0.29, 0.717) is 12.5 Å². The van der Waals surface area contributed by atoms with E-state index in [-0.39, 0.29) is 23.4 Å². The van der Waals surface area contributed by atoms with Crippen LogP contribution in [0.1, 0.15) is 11.1 Å². The molecule has 2 aromatic carbocycles. The summed E-state index contributed by atoms with van der Waals surface area (Å²) in [6, 6.07) is 16.1. The summed E-state index contributed by atoms with van der Waals surface area (Å²) in [4.78, 5) is 40.3. The van der Waals surface area contributed by atoms with E-state index in [1.807, 2.05) is 30.3 Å². The molecule has 32 heavy (non-hydrogen) atoms. The zero-order valence-electron chi connectivity index (χ0n) is 17.7. The van der Waals surface area contributed by atoms with Gasteiger partial charge in [0.25, 0.3) is 11.2 Å². The standard InChI is InChI=1S/C22H22N6O4/c1-25-19-18(20(29)26(2)22(25)30)27(14-16-8-10-17(11-9-16)28(31)32)21(24-19)23-13-12-15-6-4-3-5-7-15/h3-11H,12-14H2,1-2H3,(H,23,24). The second kappa shape index (κ2) is 8.50. The van der Waals surface area contributed by atoms with Crippen LogP contribution in [0.5, 0.6) is 0 Å². The maximum atomic E-state index is 12.9. The predicted octanol–water partition coefficient (Wildman–Crippen LogP) is 2.04. The van der Waals surface area contributed by atoms with Gasteiger partial charge in [0, 0.05) is 32.8 Å². The molecular weight excluding hydrogens is 412 g/mol. The summed E-state index contributed by atoms with van der Waals surface area (Å²) < 4.78 is 4.10. The third-order valence-corrected chi connectivity index (χ3v) is 5.38. The number of rotatable bonds is 7. The van der Waals surface area contributed by atoms with Gasteiger partial charge in [-0.1, -0.05) is 42.5 Å². The minimum Gasteiger partial charge on any atom is -0.355 e. The second-order valence-corrected chi connectivity index (χ2v) is 7.49. The summed E-state index contributed by atoms with van der Waals surface area (Å²) in [6.45, 7) is 0.831. The highest BCUT2D eigenvalue weighted by Gasteiger charge is 2.19. The summed E-state index contributed by atoms with van der Waals surface area (Å²) in [5.74, 6) is 0.451. The SMILES string of the molecule is Cn1c(=O)c2c(nc(NCCc3ccccc3)n2Cc2ccc([N+](=O)[O-])cc2)n(C)c1=O. The fraction of sp³-hybridized carbons (Fsp3) is 0.227. The number of nitrogens with zero attached hydrogens (tertiary/aromatic N) is 5. The molecular formula is C22H22N6O4. The van der Waals surface area contributed by atoms with Gasteiger partial charge in [0.05, 0.1) is 11.5 Å². The molecule has 1 N–H and O–H groups in total. The number of fused-ring (bicyclic) bond motifs is 1. The Morgan fingerprint density at radius 3 is 2.31 bits per heavy atom. The number of non-ortho nitro benzene ring substituents is 1. The summed E-state index contributed by atoms with van der Waals surface area (Å²) in [7, 11) is 3.00. The van der Waals surface area contributed by atoms with Gasteiger partial charge in [-0.25, -0.2) is 4.79 Å². The second-order valence-electron chi connectivity index (χ2n) is 7.49. The van der Waals surface area contributed by atoms with E-state index in [4.69, 9.17) is 0 Å². The summed E-state index contributed by atoms with van der Waals surface area (Å²) >= 11 is 0. The first-order valence-corrected chi connectivity index (χ1v) is 10.0. The fourth-order valence-corrected chi connectivity index (χ4v) is 3.60. The molecule has 4 rings (SSSR count). The van der Waals surface area contributed by atoms with E-state index in [1.165, 1.54) is 23.7 Å². The van der Waals surface area contributed by atoms with Crippen LogP contribution in [0.25, 0.3) is 11.2 Å². The van der Waals surface area contributed by atoms with Crippen molar-refractivity contribution in [2.45, 2.75) is 13.0 Å². The zero-order chi connectivity index (χ0) is 22.8. The predicted molar refractivity (Wildman–Crippen MR) is 121 cm³/mol. The van der Waals surface area contributed by atoms with Gasteiger partial charge in [-0.3, -0.25) is 28.6 Å². The molecule has 164 valence electrons. The molecule has 0 spiro atoms. The highest BCUT2D eigenvalue weighted by atomic mass is 16.6. The molecule has 4 aromatic rings. The summed E-state index contributed by atoms with van der Waals surface area (Å²) in [5, 5.41) is 14.2. The van der Waals surface area contributed by atoms with Crippen LogP contribution in [-0.4, -0.2) is 30.2 Å². The van der Waals surface area contributed by atoms with E-state index in [1.54, 1.807) is 23.7 Å². The van der Waals surface area contributed by atoms with Crippen molar-refractivity contribution in [2.24, 2.45) is 14.1 Å². The van der Waals surface area contributed by atoms with Gasteiger partial charge in [0.1, 0.15) is 0 Å². The van der Waals surface area contributed by atoms with Crippen molar-refractivity contribution in [1.29, 1.82) is 0 Å². The lowest BCUT2D eigenvalue weighted by Gasteiger charge is -2.11. The molecule has 10 nitrogen and oxygen atoms in total. The first kappa shape index (κ1) is 21.0. The van der Waals surface area contributed by atoms with Crippen molar-refractivity contribution in [2.75, 3.05) is 11.9 Å². The van der Waals surface area contributed by atoms with Gasteiger partial charge in [-0.05, 0) is 17.5 Å². The number of benzene rings is 2. The van der Waals surface area contributed by atoms with Crippen LogP contribution in [0, 0.1) is 10.1 Å². The van der Waals surface area contributed by atoms with Crippen LogP contribution >= 0.6 is 0 Å². The number of imidazole rings is 1. The molecule has 0 aliphatic rings. The molecule has 10 heteroatoms. The molecule has 0 saturated carbocycles. The first-order chi connectivity index (χ1) is 15.4. The lowest BCUT2D eigenvalue weighted by Crippen LogP contribution is -2.37. The number of anilines is 1. The molecule has 2 heterocycles. The van der Waals surface area contributed by atoms with Crippen LogP contribution in [0.2, 0.25) is 0 Å². The third kappa shape index (κ3) is 3.89. The smallest absolute Gasteiger partial charge is 0.332 e. The minimum atomic E-state index is -0.460. The Hall–Kier alpha value is -4.21. The van der Waals surface area contributed by atoms with Gasteiger partial charge < -0.3 is 5.32 Å². The first-order valence-electron chi connectivity index (χ1n) is 10.0. The number of aryl methyl sites for hydroxylation is 1. The van der Waals surface area contributed by atoms with E-state index < -0.39 is 16.2 Å². The summed E-state index contributed by atoms with van der Waals surface area (Å²) in [5.41, 5.74) is 1.56. The Labute approximate surface area is 182 Å². The average Bonchev–Trinajstić information content (AvgIpc) is 3.15. The van der Waals surface area contributed by atoms with Crippen LogP contribution in [0.4, 0.5) is 11.6 Å². The Morgan fingerprint density at radius 1 is 0.969 bits per heavy atom. The maximum Gasteiger partial charge on any atom is 0.332 e.